The highest BCUT2D eigenvalue weighted by Crippen LogP contribution is 2.31. The molecule has 0 unspecified atom stereocenters. The van der Waals surface area contributed by atoms with Gasteiger partial charge >= 0.3 is 0 Å². The van der Waals surface area contributed by atoms with Gasteiger partial charge in [0.05, 0.1) is 10.9 Å². The van der Waals surface area contributed by atoms with Crippen molar-refractivity contribution in [3.8, 4) is 0 Å². The molecule has 0 bridgehead atoms. The Morgan fingerprint density at radius 2 is 2.20 bits per heavy atom. The zero-order valence-electron chi connectivity index (χ0n) is 7.93. The highest BCUT2D eigenvalue weighted by molar-refractivity contribution is 7.20. The summed E-state index contributed by atoms with van der Waals surface area (Å²) in [5.41, 5.74) is 0.484. The van der Waals surface area contributed by atoms with Crippen LogP contribution in [-0.2, 0) is 0 Å². The SMILES string of the molecule is O=C(CCNCCO)c1cc(Cl)sc1Cl. The Bertz CT molecular complexity index is 341. The summed E-state index contributed by atoms with van der Waals surface area (Å²) in [6, 6.07) is 1.59. The average Bonchev–Trinajstić information content (AvgIpc) is 2.52. The van der Waals surface area contributed by atoms with Gasteiger partial charge in [0, 0.05) is 25.1 Å². The number of aliphatic hydroxyl groups is 1. The molecule has 0 aromatic carbocycles. The van der Waals surface area contributed by atoms with Crippen LogP contribution in [0.25, 0.3) is 0 Å². The van der Waals surface area contributed by atoms with E-state index in [1.807, 2.05) is 0 Å². The number of hydrogen-bond donors (Lipinski definition) is 2. The van der Waals surface area contributed by atoms with Gasteiger partial charge in [-0.15, -0.1) is 11.3 Å². The second kappa shape index (κ2) is 6.45. The molecule has 0 fully saturated rings. The predicted molar refractivity (Wildman–Crippen MR) is 63.2 cm³/mol. The Labute approximate surface area is 102 Å². The van der Waals surface area contributed by atoms with E-state index in [0.29, 0.717) is 33.7 Å². The van der Waals surface area contributed by atoms with Crippen LogP contribution in [0.1, 0.15) is 16.8 Å². The van der Waals surface area contributed by atoms with Crippen LogP contribution in [0, 0.1) is 0 Å². The van der Waals surface area contributed by atoms with Crippen molar-refractivity contribution in [3.63, 3.8) is 0 Å². The second-order valence-electron chi connectivity index (χ2n) is 2.88. The summed E-state index contributed by atoms with van der Waals surface area (Å²) in [4.78, 5) is 11.6. The molecule has 2 N–H and O–H groups in total. The molecule has 1 aromatic rings. The maximum Gasteiger partial charge on any atom is 0.166 e. The van der Waals surface area contributed by atoms with E-state index >= 15 is 0 Å². The van der Waals surface area contributed by atoms with E-state index in [2.05, 4.69) is 5.32 Å². The molecule has 0 saturated heterocycles. The lowest BCUT2D eigenvalue weighted by atomic mass is 10.1. The summed E-state index contributed by atoms with van der Waals surface area (Å²) in [6.45, 7) is 1.09. The fourth-order valence-electron chi connectivity index (χ4n) is 1.07. The molecule has 84 valence electrons. The molecule has 1 aromatic heterocycles. The summed E-state index contributed by atoms with van der Waals surface area (Å²) in [5.74, 6) is -0.0337. The molecule has 0 spiro atoms. The lowest BCUT2D eigenvalue weighted by Gasteiger charge is -2.01. The van der Waals surface area contributed by atoms with Crippen LogP contribution in [-0.4, -0.2) is 30.6 Å². The fraction of sp³-hybridized carbons (Fsp3) is 0.444. The summed E-state index contributed by atoms with van der Waals surface area (Å²) < 4.78 is 0.957. The third-order valence-corrected chi connectivity index (χ3v) is 3.26. The Morgan fingerprint density at radius 1 is 1.47 bits per heavy atom. The van der Waals surface area contributed by atoms with Crippen molar-refractivity contribution in [2.24, 2.45) is 0 Å². The zero-order valence-corrected chi connectivity index (χ0v) is 10.3. The molecule has 0 aliphatic rings. The molecule has 0 amide bonds. The van der Waals surface area contributed by atoms with Crippen molar-refractivity contribution in [1.82, 2.24) is 5.32 Å². The van der Waals surface area contributed by atoms with E-state index in [4.69, 9.17) is 28.3 Å². The smallest absolute Gasteiger partial charge is 0.166 e. The summed E-state index contributed by atoms with van der Waals surface area (Å²) in [7, 11) is 0. The first kappa shape index (κ1) is 12.9. The van der Waals surface area contributed by atoms with E-state index < -0.39 is 0 Å². The monoisotopic (exact) mass is 267 g/mol. The number of aliphatic hydroxyl groups excluding tert-OH is 1. The van der Waals surface area contributed by atoms with Gasteiger partial charge in [0.25, 0.3) is 0 Å². The molecule has 6 heteroatoms. The van der Waals surface area contributed by atoms with Crippen LogP contribution < -0.4 is 5.32 Å². The van der Waals surface area contributed by atoms with Gasteiger partial charge in [-0.2, -0.15) is 0 Å². The standard InChI is InChI=1S/C9H11Cl2NO2S/c10-8-5-6(9(11)15-8)7(14)1-2-12-3-4-13/h5,12-13H,1-4H2. The summed E-state index contributed by atoms with van der Waals surface area (Å²) in [5, 5.41) is 11.4. The van der Waals surface area contributed by atoms with Gasteiger partial charge in [0.15, 0.2) is 5.78 Å². The zero-order chi connectivity index (χ0) is 11.3. The van der Waals surface area contributed by atoms with Gasteiger partial charge in [-0.25, -0.2) is 0 Å². The maximum atomic E-state index is 11.6. The number of rotatable bonds is 6. The van der Waals surface area contributed by atoms with E-state index in [1.54, 1.807) is 6.07 Å². The largest absolute Gasteiger partial charge is 0.395 e. The highest BCUT2D eigenvalue weighted by Gasteiger charge is 2.13. The summed E-state index contributed by atoms with van der Waals surface area (Å²) >= 11 is 12.8. The number of ketones is 1. The fourth-order valence-corrected chi connectivity index (χ4v) is 2.57. The minimum Gasteiger partial charge on any atom is -0.395 e. The van der Waals surface area contributed by atoms with Crippen molar-refractivity contribution in [3.05, 3.63) is 20.3 Å². The molecule has 3 nitrogen and oxygen atoms in total. The van der Waals surface area contributed by atoms with Crippen molar-refractivity contribution in [1.29, 1.82) is 0 Å². The van der Waals surface area contributed by atoms with Crippen LogP contribution >= 0.6 is 34.5 Å². The van der Waals surface area contributed by atoms with Gasteiger partial charge in [0.1, 0.15) is 4.34 Å². The van der Waals surface area contributed by atoms with Crippen LogP contribution in [0.5, 0.6) is 0 Å². The molecule has 1 heterocycles. The van der Waals surface area contributed by atoms with E-state index in [1.165, 1.54) is 11.3 Å². The number of nitrogens with one attached hydrogen (secondary N) is 1. The van der Waals surface area contributed by atoms with Crippen molar-refractivity contribution >= 4 is 40.3 Å². The molecule has 0 aliphatic heterocycles. The van der Waals surface area contributed by atoms with Gasteiger partial charge in [-0.3, -0.25) is 4.79 Å². The molecule has 1 rings (SSSR count). The van der Waals surface area contributed by atoms with Crippen LogP contribution in [0.3, 0.4) is 0 Å². The number of hydrogen-bond acceptors (Lipinski definition) is 4. The van der Waals surface area contributed by atoms with Crippen LogP contribution in [0.4, 0.5) is 0 Å². The van der Waals surface area contributed by atoms with Crippen molar-refractivity contribution in [2.45, 2.75) is 6.42 Å². The predicted octanol–water partition coefficient (Wildman–Crippen LogP) is 2.21. The Kier molecular flexibility index (Phi) is 5.56. The Morgan fingerprint density at radius 3 is 2.73 bits per heavy atom. The second-order valence-corrected chi connectivity index (χ2v) is 5.17. The van der Waals surface area contributed by atoms with Gasteiger partial charge in [-0.05, 0) is 6.07 Å². The topological polar surface area (TPSA) is 49.3 Å². The number of thiophene rings is 1. The number of Topliss-reactive ketones (excluding diaryl/α,β-unsaturated/α-hetero) is 1. The molecular formula is C9H11Cl2NO2S. The molecule has 15 heavy (non-hydrogen) atoms. The third kappa shape index (κ3) is 4.09. The van der Waals surface area contributed by atoms with E-state index in [9.17, 15) is 4.79 Å². The normalized spacial score (nSPS) is 10.6. The number of carbonyl (C=O) groups excluding carboxylic acids is 1. The molecule has 0 radical (unpaired) electrons. The first-order valence-electron chi connectivity index (χ1n) is 4.44. The number of carbonyl (C=O) groups is 1. The molecule has 0 saturated carbocycles. The van der Waals surface area contributed by atoms with Gasteiger partial charge < -0.3 is 10.4 Å². The quantitative estimate of drug-likeness (QED) is 0.614. The first-order chi connectivity index (χ1) is 7.15. The number of halogens is 2. The van der Waals surface area contributed by atoms with Gasteiger partial charge in [-0.1, -0.05) is 23.2 Å². The Hall–Kier alpha value is -0.130. The highest BCUT2D eigenvalue weighted by atomic mass is 35.5. The minimum absolute atomic E-state index is 0.0337. The first-order valence-corrected chi connectivity index (χ1v) is 6.02. The summed E-state index contributed by atoms with van der Waals surface area (Å²) in [6.07, 6.45) is 0.354. The molecule has 0 aliphatic carbocycles. The minimum atomic E-state index is -0.0337. The van der Waals surface area contributed by atoms with E-state index in [-0.39, 0.29) is 12.4 Å². The molecule has 0 atom stereocenters. The maximum absolute atomic E-state index is 11.6. The molecular weight excluding hydrogens is 257 g/mol. The van der Waals surface area contributed by atoms with E-state index in [0.717, 1.165) is 0 Å². The van der Waals surface area contributed by atoms with Crippen LogP contribution in [0.2, 0.25) is 8.67 Å². The average molecular weight is 268 g/mol. The van der Waals surface area contributed by atoms with Gasteiger partial charge in [0.2, 0.25) is 0 Å². The van der Waals surface area contributed by atoms with Crippen molar-refractivity contribution in [2.75, 3.05) is 19.7 Å². The lowest BCUT2D eigenvalue weighted by Crippen LogP contribution is -2.21. The van der Waals surface area contributed by atoms with Crippen LogP contribution in [0.15, 0.2) is 6.07 Å². The Balaban J connectivity index is 2.43. The third-order valence-electron chi connectivity index (χ3n) is 1.77. The lowest BCUT2D eigenvalue weighted by molar-refractivity contribution is 0.0982. The van der Waals surface area contributed by atoms with Crippen molar-refractivity contribution < 1.29 is 9.90 Å².